The van der Waals surface area contributed by atoms with Crippen LogP contribution < -0.4 is 19.7 Å². The van der Waals surface area contributed by atoms with Gasteiger partial charge in [0.05, 0.1) is 6.20 Å². The van der Waals surface area contributed by atoms with E-state index in [1.54, 1.807) is 6.20 Å². The van der Waals surface area contributed by atoms with Crippen LogP contribution in [-0.4, -0.2) is 53.1 Å². The maximum absolute atomic E-state index is 5.48. The monoisotopic (exact) mass is 390 g/mol. The average molecular weight is 390 g/mol. The molecule has 1 N–H and O–H groups in total. The summed E-state index contributed by atoms with van der Waals surface area (Å²) < 4.78 is 10.9. The lowest BCUT2D eigenvalue weighted by Crippen LogP contribution is -2.46. The highest BCUT2D eigenvalue weighted by atomic mass is 16.7. The fraction of sp³-hybridized carbons (Fsp3) is 0.286. The first-order valence-electron chi connectivity index (χ1n) is 9.71. The molecular formula is C21H22N6O2. The van der Waals surface area contributed by atoms with Crippen LogP contribution in [0.15, 0.2) is 54.7 Å². The van der Waals surface area contributed by atoms with Gasteiger partial charge < -0.3 is 19.7 Å². The summed E-state index contributed by atoms with van der Waals surface area (Å²) in [7, 11) is 0. The third-order valence-corrected chi connectivity index (χ3v) is 5.12. The standard InChI is InChI=1S/C21H22N6O2/c1-2-4-17(5-3-1)23-21-24-20(13-22-25-21)27-10-8-26(9-11-27)14-16-6-7-18-19(12-16)29-15-28-18/h1-7,12-13H,8-11,14-15H2,(H,23,24,25). The zero-order chi connectivity index (χ0) is 19.5. The number of hydrogen-bond donors (Lipinski definition) is 1. The SMILES string of the molecule is c1ccc(Nc2nncc(N3CCN(Cc4ccc5c(c4)OCO5)CC3)n2)cc1. The molecular weight excluding hydrogens is 368 g/mol. The molecule has 0 atom stereocenters. The predicted molar refractivity (Wildman–Crippen MR) is 110 cm³/mol. The number of para-hydroxylation sites is 1. The largest absolute Gasteiger partial charge is 0.454 e. The summed E-state index contributed by atoms with van der Waals surface area (Å²) >= 11 is 0. The molecule has 1 fully saturated rings. The van der Waals surface area contributed by atoms with Crippen LogP contribution in [0, 0.1) is 0 Å². The van der Waals surface area contributed by atoms with Crippen molar-refractivity contribution in [2.75, 3.05) is 43.2 Å². The van der Waals surface area contributed by atoms with Crippen LogP contribution in [0.25, 0.3) is 0 Å². The topological polar surface area (TPSA) is 75.6 Å². The lowest BCUT2D eigenvalue weighted by atomic mass is 10.1. The van der Waals surface area contributed by atoms with Crippen molar-refractivity contribution in [3.8, 4) is 11.5 Å². The highest BCUT2D eigenvalue weighted by Gasteiger charge is 2.20. The summed E-state index contributed by atoms with van der Waals surface area (Å²) in [6.07, 6.45) is 1.73. The minimum absolute atomic E-state index is 0.311. The first-order valence-corrected chi connectivity index (χ1v) is 9.71. The van der Waals surface area contributed by atoms with Gasteiger partial charge in [0.15, 0.2) is 17.3 Å². The fourth-order valence-corrected chi connectivity index (χ4v) is 3.58. The van der Waals surface area contributed by atoms with E-state index in [0.717, 1.165) is 55.7 Å². The number of aromatic nitrogens is 3. The zero-order valence-corrected chi connectivity index (χ0v) is 16.0. The van der Waals surface area contributed by atoms with Gasteiger partial charge in [-0.1, -0.05) is 24.3 Å². The summed E-state index contributed by atoms with van der Waals surface area (Å²) in [5.41, 5.74) is 2.18. The lowest BCUT2D eigenvalue weighted by molar-refractivity contribution is 0.174. The molecule has 2 aliphatic heterocycles. The number of anilines is 3. The summed E-state index contributed by atoms with van der Waals surface area (Å²) in [6.45, 7) is 4.92. The van der Waals surface area contributed by atoms with Crippen molar-refractivity contribution in [2.24, 2.45) is 0 Å². The third-order valence-electron chi connectivity index (χ3n) is 5.12. The first kappa shape index (κ1) is 17.7. The Morgan fingerprint density at radius 3 is 2.62 bits per heavy atom. The molecule has 8 nitrogen and oxygen atoms in total. The second-order valence-corrected chi connectivity index (χ2v) is 7.08. The zero-order valence-electron chi connectivity index (χ0n) is 16.0. The van der Waals surface area contributed by atoms with E-state index in [1.807, 2.05) is 36.4 Å². The van der Waals surface area contributed by atoms with Crippen LogP contribution in [-0.2, 0) is 6.54 Å². The fourth-order valence-electron chi connectivity index (χ4n) is 3.58. The van der Waals surface area contributed by atoms with Gasteiger partial charge in [-0.25, -0.2) is 0 Å². The maximum Gasteiger partial charge on any atom is 0.249 e. The van der Waals surface area contributed by atoms with Gasteiger partial charge in [0.25, 0.3) is 0 Å². The highest BCUT2D eigenvalue weighted by Crippen LogP contribution is 2.33. The predicted octanol–water partition coefficient (Wildman–Crippen LogP) is 2.67. The average Bonchev–Trinajstić information content (AvgIpc) is 3.23. The van der Waals surface area contributed by atoms with Gasteiger partial charge in [-0.05, 0) is 29.8 Å². The van der Waals surface area contributed by atoms with E-state index in [2.05, 4.69) is 42.4 Å². The molecule has 3 aromatic rings. The van der Waals surface area contributed by atoms with Crippen LogP contribution >= 0.6 is 0 Å². The maximum atomic E-state index is 5.48. The quantitative estimate of drug-likeness (QED) is 0.713. The molecule has 0 saturated carbocycles. The molecule has 0 radical (unpaired) electrons. The van der Waals surface area contributed by atoms with Crippen LogP contribution in [0.5, 0.6) is 11.5 Å². The van der Waals surface area contributed by atoms with Crippen molar-refractivity contribution in [1.82, 2.24) is 20.1 Å². The molecule has 0 bridgehead atoms. The van der Waals surface area contributed by atoms with Crippen LogP contribution in [0.2, 0.25) is 0 Å². The molecule has 29 heavy (non-hydrogen) atoms. The van der Waals surface area contributed by atoms with Crippen molar-refractivity contribution in [3.63, 3.8) is 0 Å². The lowest BCUT2D eigenvalue weighted by Gasteiger charge is -2.35. The van der Waals surface area contributed by atoms with Crippen molar-refractivity contribution in [2.45, 2.75) is 6.54 Å². The summed E-state index contributed by atoms with van der Waals surface area (Å²) in [6, 6.07) is 16.0. The number of nitrogens with zero attached hydrogens (tertiary/aromatic N) is 5. The number of nitrogens with one attached hydrogen (secondary N) is 1. The molecule has 2 aliphatic rings. The minimum atomic E-state index is 0.311. The summed E-state index contributed by atoms with van der Waals surface area (Å²) in [5.74, 6) is 3.03. The van der Waals surface area contributed by atoms with Crippen LogP contribution in [0.3, 0.4) is 0 Å². The molecule has 8 heteroatoms. The minimum Gasteiger partial charge on any atom is -0.454 e. The van der Waals surface area contributed by atoms with Gasteiger partial charge >= 0.3 is 0 Å². The van der Waals surface area contributed by atoms with Gasteiger partial charge in [0, 0.05) is 38.4 Å². The van der Waals surface area contributed by atoms with E-state index >= 15 is 0 Å². The van der Waals surface area contributed by atoms with Gasteiger partial charge in [-0.2, -0.15) is 10.1 Å². The number of hydrogen-bond acceptors (Lipinski definition) is 8. The second-order valence-electron chi connectivity index (χ2n) is 7.08. The number of benzene rings is 2. The Labute approximate surface area is 169 Å². The van der Waals surface area contributed by atoms with E-state index in [1.165, 1.54) is 5.56 Å². The van der Waals surface area contributed by atoms with Crippen LogP contribution in [0.1, 0.15) is 5.56 Å². The second kappa shape index (κ2) is 7.92. The summed E-state index contributed by atoms with van der Waals surface area (Å²) in [5, 5.41) is 11.4. The van der Waals surface area contributed by atoms with E-state index < -0.39 is 0 Å². The van der Waals surface area contributed by atoms with E-state index in [-0.39, 0.29) is 0 Å². The molecule has 3 heterocycles. The number of ether oxygens (including phenoxy) is 2. The Kier molecular flexibility index (Phi) is 4.83. The van der Waals surface area contributed by atoms with E-state index in [0.29, 0.717) is 12.7 Å². The molecule has 0 unspecified atom stereocenters. The van der Waals surface area contributed by atoms with Gasteiger partial charge in [-0.3, -0.25) is 4.90 Å². The number of rotatable bonds is 5. The first-order chi connectivity index (χ1) is 14.3. The molecule has 1 aromatic heterocycles. The van der Waals surface area contributed by atoms with Gasteiger partial charge in [0.1, 0.15) is 0 Å². The van der Waals surface area contributed by atoms with Crippen molar-refractivity contribution in [1.29, 1.82) is 0 Å². The molecule has 148 valence electrons. The van der Waals surface area contributed by atoms with Crippen molar-refractivity contribution in [3.05, 3.63) is 60.3 Å². The Morgan fingerprint density at radius 1 is 0.931 bits per heavy atom. The normalized spacial score (nSPS) is 16.1. The Hall–Kier alpha value is -3.39. The molecule has 5 rings (SSSR count). The number of piperazine rings is 1. The molecule has 0 aliphatic carbocycles. The Balaban J connectivity index is 1.19. The highest BCUT2D eigenvalue weighted by molar-refractivity contribution is 5.54. The molecule has 1 saturated heterocycles. The molecule has 0 amide bonds. The van der Waals surface area contributed by atoms with Crippen molar-refractivity contribution >= 4 is 17.5 Å². The molecule has 0 spiro atoms. The van der Waals surface area contributed by atoms with E-state index in [4.69, 9.17) is 9.47 Å². The Morgan fingerprint density at radius 2 is 1.76 bits per heavy atom. The molecule has 2 aromatic carbocycles. The van der Waals surface area contributed by atoms with Gasteiger partial charge in [-0.15, -0.1) is 5.10 Å². The Bertz CT molecular complexity index is 976. The summed E-state index contributed by atoms with van der Waals surface area (Å²) in [4.78, 5) is 9.32. The number of fused-ring (bicyclic) bond motifs is 1. The smallest absolute Gasteiger partial charge is 0.249 e. The third kappa shape index (κ3) is 4.07. The van der Waals surface area contributed by atoms with E-state index in [9.17, 15) is 0 Å². The van der Waals surface area contributed by atoms with Crippen LogP contribution in [0.4, 0.5) is 17.5 Å². The van der Waals surface area contributed by atoms with Gasteiger partial charge in [0.2, 0.25) is 12.7 Å². The van der Waals surface area contributed by atoms with Crippen molar-refractivity contribution < 1.29 is 9.47 Å².